The molecule has 2 N–H and O–H groups in total. The van der Waals surface area contributed by atoms with Crippen LogP contribution < -0.4 is 5.32 Å². The predicted molar refractivity (Wildman–Crippen MR) is 76.9 cm³/mol. The molecule has 106 valence electrons. The van der Waals surface area contributed by atoms with Crippen molar-refractivity contribution < 1.29 is 14.3 Å². The predicted octanol–water partition coefficient (Wildman–Crippen LogP) is 1.75. The Morgan fingerprint density at radius 3 is 2.95 bits per heavy atom. The second-order valence-corrected chi connectivity index (χ2v) is 4.24. The van der Waals surface area contributed by atoms with Gasteiger partial charge in [-0.15, -0.1) is 0 Å². The van der Waals surface area contributed by atoms with Crippen LogP contribution in [0.1, 0.15) is 11.1 Å². The Bertz CT molecular complexity index is 690. The fraction of sp³-hybridized carbons (Fsp3) is 0.125. The lowest BCUT2D eigenvalue weighted by molar-refractivity contribution is -0.115. The number of nitrogens with zero attached hydrogens (tertiary/aromatic N) is 1. The lowest BCUT2D eigenvalue weighted by atomic mass is 10.1. The monoisotopic (exact) mass is 284 g/mol. The van der Waals surface area contributed by atoms with Crippen LogP contribution in [0, 0.1) is 17.7 Å². The van der Waals surface area contributed by atoms with Crippen molar-refractivity contribution in [3.63, 3.8) is 0 Å². The first kappa shape index (κ1) is 14.7. The topological polar surface area (TPSA) is 62.2 Å². The normalized spacial score (nSPS) is 9.62. The Kier molecular flexibility index (Phi) is 5.02. The van der Waals surface area contributed by atoms with E-state index in [1.165, 1.54) is 18.2 Å². The van der Waals surface area contributed by atoms with Crippen molar-refractivity contribution >= 4 is 11.6 Å². The fourth-order valence-electron chi connectivity index (χ4n) is 1.73. The van der Waals surface area contributed by atoms with E-state index in [-0.39, 0.29) is 24.5 Å². The molecule has 1 heterocycles. The Labute approximate surface area is 121 Å². The number of halogens is 1. The molecule has 0 bridgehead atoms. The molecule has 1 aromatic heterocycles. The molecule has 0 unspecified atom stereocenters. The first-order chi connectivity index (χ1) is 10.2. The lowest BCUT2D eigenvalue weighted by Gasteiger charge is -2.06. The number of anilines is 1. The minimum absolute atomic E-state index is 0.128. The Hall–Kier alpha value is -2.71. The summed E-state index contributed by atoms with van der Waals surface area (Å²) in [4.78, 5) is 15.8. The van der Waals surface area contributed by atoms with Crippen molar-refractivity contribution in [2.45, 2.75) is 6.42 Å². The SMILES string of the molecule is O=C(Cc1cccnc1)Nc1ccc(F)c(C#CCO)c1. The quantitative estimate of drug-likeness (QED) is 0.844. The van der Waals surface area contributed by atoms with Gasteiger partial charge in [-0.3, -0.25) is 9.78 Å². The zero-order valence-corrected chi connectivity index (χ0v) is 11.1. The van der Waals surface area contributed by atoms with Gasteiger partial charge in [0.05, 0.1) is 12.0 Å². The van der Waals surface area contributed by atoms with E-state index in [0.717, 1.165) is 5.56 Å². The first-order valence-corrected chi connectivity index (χ1v) is 6.27. The van der Waals surface area contributed by atoms with Crippen LogP contribution >= 0.6 is 0 Å². The third-order valence-electron chi connectivity index (χ3n) is 2.64. The number of carbonyl (C=O) groups excluding carboxylic acids is 1. The van der Waals surface area contributed by atoms with Crippen LogP contribution in [0.3, 0.4) is 0 Å². The van der Waals surface area contributed by atoms with E-state index in [2.05, 4.69) is 22.1 Å². The average molecular weight is 284 g/mol. The van der Waals surface area contributed by atoms with Crippen LogP contribution in [0.15, 0.2) is 42.7 Å². The summed E-state index contributed by atoms with van der Waals surface area (Å²) in [6.45, 7) is -0.350. The van der Waals surface area contributed by atoms with Crippen LogP contribution in [-0.4, -0.2) is 22.6 Å². The highest BCUT2D eigenvalue weighted by Crippen LogP contribution is 2.14. The molecule has 0 saturated heterocycles. The minimum atomic E-state index is -0.499. The summed E-state index contributed by atoms with van der Waals surface area (Å²) in [6, 6.07) is 7.67. The van der Waals surface area contributed by atoms with Crippen molar-refractivity contribution in [1.82, 2.24) is 4.98 Å². The van der Waals surface area contributed by atoms with Crippen LogP contribution in [0.2, 0.25) is 0 Å². The second kappa shape index (κ2) is 7.17. The number of hydrogen-bond acceptors (Lipinski definition) is 3. The summed E-state index contributed by atoms with van der Waals surface area (Å²) in [6.07, 6.45) is 3.43. The number of rotatable bonds is 3. The number of aliphatic hydroxyl groups is 1. The molecule has 0 radical (unpaired) electrons. The second-order valence-electron chi connectivity index (χ2n) is 4.24. The fourth-order valence-corrected chi connectivity index (χ4v) is 1.73. The van der Waals surface area contributed by atoms with Crippen LogP contribution in [0.5, 0.6) is 0 Å². The molecule has 0 saturated carbocycles. The van der Waals surface area contributed by atoms with E-state index in [1.54, 1.807) is 24.5 Å². The van der Waals surface area contributed by atoms with Gasteiger partial charge in [-0.05, 0) is 29.8 Å². The smallest absolute Gasteiger partial charge is 0.228 e. The maximum absolute atomic E-state index is 13.5. The summed E-state index contributed by atoms with van der Waals surface area (Å²) in [7, 11) is 0. The summed E-state index contributed by atoms with van der Waals surface area (Å²) in [5, 5.41) is 11.3. The van der Waals surface area contributed by atoms with Crippen molar-refractivity contribution in [2.75, 3.05) is 11.9 Å². The molecule has 1 amide bonds. The number of aromatic nitrogens is 1. The molecule has 21 heavy (non-hydrogen) atoms. The van der Waals surface area contributed by atoms with Gasteiger partial charge in [0.1, 0.15) is 12.4 Å². The van der Waals surface area contributed by atoms with Crippen molar-refractivity contribution in [2.24, 2.45) is 0 Å². The molecule has 0 fully saturated rings. The van der Waals surface area contributed by atoms with Gasteiger partial charge in [0, 0.05) is 18.1 Å². The standard InChI is InChI=1S/C16H13FN2O2/c17-15-6-5-14(10-13(15)4-2-8-20)19-16(21)9-12-3-1-7-18-11-12/h1,3,5-7,10-11,20H,8-9H2,(H,19,21). The first-order valence-electron chi connectivity index (χ1n) is 6.27. The van der Waals surface area contributed by atoms with Gasteiger partial charge in [0.25, 0.3) is 0 Å². The number of amides is 1. The molecule has 1 aromatic carbocycles. The Morgan fingerprint density at radius 1 is 1.38 bits per heavy atom. The number of carbonyl (C=O) groups is 1. The van der Waals surface area contributed by atoms with Gasteiger partial charge in [-0.1, -0.05) is 17.9 Å². The van der Waals surface area contributed by atoms with E-state index in [4.69, 9.17) is 5.11 Å². The third kappa shape index (κ3) is 4.41. The highest BCUT2D eigenvalue weighted by molar-refractivity contribution is 5.92. The van der Waals surface area contributed by atoms with Gasteiger partial charge in [-0.2, -0.15) is 0 Å². The molecule has 0 aliphatic heterocycles. The molecule has 5 heteroatoms. The van der Waals surface area contributed by atoms with E-state index in [1.807, 2.05) is 0 Å². The molecule has 0 aliphatic carbocycles. The van der Waals surface area contributed by atoms with E-state index < -0.39 is 5.82 Å². The number of hydrogen-bond donors (Lipinski definition) is 2. The number of aliphatic hydroxyl groups excluding tert-OH is 1. The summed E-state index contributed by atoms with van der Waals surface area (Å²) in [5.74, 6) is 4.13. The molecule has 4 nitrogen and oxygen atoms in total. The van der Waals surface area contributed by atoms with Crippen molar-refractivity contribution in [1.29, 1.82) is 0 Å². The summed E-state index contributed by atoms with van der Waals surface area (Å²) in [5.41, 5.74) is 1.37. The molecule has 0 aliphatic rings. The number of benzene rings is 1. The van der Waals surface area contributed by atoms with E-state index >= 15 is 0 Å². The van der Waals surface area contributed by atoms with E-state index in [9.17, 15) is 9.18 Å². The van der Waals surface area contributed by atoms with Gasteiger partial charge < -0.3 is 10.4 Å². The maximum atomic E-state index is 13.5. The molecular formula is C16H13FN2O2. The zero-order valence-electron chi connectivity index (χ0n) is 11.1. The number of pyridine rings is 1. The maximum Gasteiger partial charge on any atom is 0.228 e. The van der Waals surface area contributed by atoms with Crippen LogP contribution in [0.25, 0.3) is 0 Å². The molecule has 2 rings (SSSR count). The largest absolute Gasteiger partial charge is 0.384 e. The zero-order chi connectivity index (χ0) is 15.1. The molecule has 0 spiro atoms. The summed E-state index contributed by atoms with van der Waals surface area (Å²) < 4.78 is 13.5. The Morgan fingerprint density at radius 2 is 2.24 bits per heavy atom. The minimum Gasteiger partial charge on any atom is -0.384 e. The average Bonchev–Trinajstić information content (AvgIpc) is 2.48. The van der Waals surface area contributed by atoms with Crippen LogP contribution in [0.4, 0.5) is 10.1 Å². The van der Waals surface area contributed by atoms with Gasteiger partial charge in [-0.25, -0.2) is 4.39 Å². The van der Waals surface area contributed by atoms with Crippen molar-refractivity contribution in [3.8, 4) is 11.8 Å². The van der Waals surface area contributed by atoms with Gasteiger partial charge in [0.2, 0.25) is 5.91 Å². The molecular weight excluding hydrogens is 271 g/mol. The Balaban J connectivity index is 2.07. The van der Waals surface area contributed by atoms with Gasteiger partial charge in [0.15, 0.2) is 0 Å². The summed E-state index contributed by atoms with van der Waals surface area (Å²) >= 11 is 0. The highest BCUT2D eigenvalue weighted by Gasteiger charge is 2.06. The van der Waals surface area contributed by atoms with Crippen molar-refractivity contribution in [3.05, 3.63) is 59.7 Å². The number of nitrogens with one attached hydrogen (secondary N) is 1. The van der Waals surface area contributed by atoms with Crippen LogP contribution in [-0.2, 0) is 11.2 Å². The molecule has 2 aromatic rings. The molecule has 0 atom stereocenters. The third-order valence-corrected chi connectivity index (χ3v) is 2.64. The van der Waals surface area contributed by atoms with E-state index in [0.29, 0.717) is 5.69 Å². The highest BCUT2D eigenvalue weighted by atomic mass is 19.1. The lowest BCUT2D eigenvalue weighted by Crippen LogP contribution is -2.14. The van der Waals surface area contributed by atoms with Gasteiger partial charge >= 0.3 is 0 Å².